The number of aromatic nitrogens is 2. The number of nitrogens with zero attached hydrogens (tertiary/aromatic N) is 4. The van der Waals surface area contributed by atoms with Gasteiger partial charge in [0.2, 0.25) is 0 Å². The number of carbonyl (C=O) groups excluding carboxylic acids is 1. The van der Waals surface area contributed by atoms with Gasteiger partial charge < -0.3 is 24.3 Å². The average Bonchev–Trinajstić information content (AvgIpc) is 3.07. The molecule has 0 aliphatic carbocycles. The second-order valence-electron chi connectivity index (χ2n) is 8.14. The van der Waals surface area contributed by atoms with Crippen LogP contribution in [0.25, 0.3) is 21.8 Å². The predicted octanol–water partition coefficient (Wildman–Crippen LogP) is 1.79. The lowest BCUT2D eigenvalue weighted by Crippen LogP contribution is -2.46. The van der Waals surface area contributed by atoms with Gasteiger partial charge >= 0.3 is 0 Å². The largest absolute Gasteiger partial charge is 0.352 e. The first-order chi connectivity index (χ1) is 14.5. The number of hydrogen-bond donors (Lipinski definition) is 1. The van der Waals surface area contributed by atoms with Crippen molar-refractivity contribution in [3.8, 4) is 0 Å². The van der Waals surface area contributed by atoms with E-state index in [4.69, 9.17) is 0 Å². The van der Waals surface area contributed by atoms with Crippen LogP contribution in [0.4, 0.5) is 0 Å². The summed E-state index contributed by atoms with van der Waals surface area (Å²) in [5.41, 5.74) is 1.99. The Morgan fingerprint density at radius 3 is 2.50 bits per heavy atom. The molecule has 7 heteroatoms. The molecule has 1 aliphatic rings. The fourth-order valence-electron chi connectivity index (χ4n) is 4.50. The van der Waals surface area contributed by atoms with Gasteiger partial charge in [0.15, 0.2) is 0 Å². The van der Waals surface area contributed by atoms with Gasteiger partial charge in [0.1, 0.15) is 5.52 Å². The summed E-state index contributed by atoms with van der Waals surface area (Å²) in [7, 11) is 3.58. The van der Waals surface area contributed by atoms with E-state index in [9.17, 15) is 9.59 Å². The normalized spacial score (nSPS) is 15.8. The predicted molar refractivity (Wildman–Crippen MR) is 121 cm³/mol. The minimum absolute atomic E-state index is 0.0912. The molecule has 3 aromatic rings. The van der Waals surface area contributed by atoms with Crippen molar-refractivity contribution >= 4 is 27.7 Å². The highest BCUT2D eigenvalue weighted by atomic mass is 16.2. The summed E-state index contributed by atoms with van der Waals surface area (Å²) in [5.74, 6) is -0.122. The van der Waals surface area contributed by atoms with Crippen molar-refractivity contribution in [2.24, 2.45) is 14.1 Å². The molecule has 0 atom stereocenters. The van der Waals surface area contributed by atoms with Crippen LogP contribution < -0.4 is 10.9 Å². The Morgan fingerprint density at radius 2 is 1.77 bits per heavy atom. The van der Waals surface area contributed by atoms with Crippen LogP contribution in [0.1, 0.15) is 23.7 Å². The molecule has 1 aromatic carbocycles. The van der Waals surface area contributed by atoms with Gasteiger partial charge in [-0.15, -0.1) is 0 Å². The van der Waals surface area contributed by atoms with E-state index in [-0.39, 0.29) is 11.5 Å². The fraction of sp³-hybridized carbons (Fsp3) is 0.478. The molecule has 3 heterocycles. The lowest BCUT2D eigenvalue weighted by Gasteiger charge is -2.33. The van der Waals surface area contributed by atoms with Gasteiger partial charge in [-0.3, -0.25) is 9.59 Å². The van der Waals surface area contributed by atoms with E-state index >= 15 is 0 Å². The summed E-state index contributed by atoms with van der Waals surface area (Å²) >= 11 is 0. The molecule has 1 aliphatic heterocycles. The van der Waals surface area contributed by atoms with Crippen molar-refractivity contribution in [3.63, 3.8) is 0 Å². The first-order valence-electron chi connectivity index (χ1n) is 10.8. The molecule has 30 heavy (non-hydrogen) atoms. The van der Waals surface area contributed by atoms with Crippen LogP contribution in [-0.4, -0.2) is 70.7 Å². The molecule has 1 N–H and O–H groups in total. The van der Waals surface area contributed by atoms with Crippen LogP contribution in [0.15, 0.2) is 35.3 Å². The summed E-state index contributed by atoms with van der Waals surface area (Å²) < 4.78 is 3.39. The van der Waals surface area contributed by atoms with Gasteiger partial charge in [-0.2, -0.15) is 0 Å². The first kappa shape index (κ1) is 20.6. The number of amides is 1. The number of pyridine rings is 1. The summed E-state index contributed by atoms with van der Waals surface area (Å²) in [6, 6.07) is 7.85. The van der Waals surface area contributed by atoms with Crippen LogP contribution >= 0.6 is 0 Å². The average molecular weight is 410 g/mol. The van der Waals surface area contributed by atoms with Crippen LogP contribution in [0.3, 0.4) is 0 Å². The smallest absolute Gasteiger partial charge is 0.274 e. The van der Waals surface area contributed by atoms with Crippen LogP contribution in [0.5, 0.6) is 0 Å². The number of para-hydroxylation sites is 1. The van der Waals surface area contributed by atoms with Gasteiger partial charge in [0.25, 0.3) is 11.5 Å². The molecule has 4 rings (SSSR count). The van der Waals surface area contributed by atoms with Crippen molar-refractivity contribution in [1.82, 2.24) is 24.3 Å². The summed E-state index contributed by atoms with van der Waals surface area (Å²) in [6.07, 6.45) is 2.58. The number of likely N-dealkylation sites (N-methyl/N-ethyl adjacent to an activating group) is 1. The van der Waals surface area contributed by atoms with Crippen molar-refractivity contribution in [2.75, 3.05) is 45.8 Å². The Labute approximate surface area is 176 Å². The van der Waals surface area contributed by atoms with E-state index in [1.54, 1.807) is 13.2 Å². The number of aryl methyl sites for hydroxylation is 2. The zero-order valence-electron chi connectivity index (χ0n) is 18.1. The molecule has 2 aromatic heterocycles. The standard InChI is InChI=1S/C23H31N5O2/c1-4-27-12-14-28(15-13-27)11-7-10-24-22(29)18-16-25(2)23(30)21-20(18)17-8-5-6-9-19(17)26(21)3/h5-6,8-9,16H,4,7,10-15H2,1-3H3,(H,24,29). The molecule has 0 bridgehead atoms. The summed E-state index contributed by atoms with van der Waals surface area (Å²) in [6.45, 7) is 9.39. The van der Waals surface area contributed by atoms with Gasteiger partial charge in [-0.1, -0.05) is 25.1 Å². The van der Waals surface area contributed by atoms with Crippen molar-refractivity contribution in [1.29, 1.82) is 0 Å². The maximum atomic E-state index is 13.1. The Bertz CT molecular complexity index is 1120. The Balaban J connectivity index is 1.49. The zero-order chi connectivity index (χ0) is 21.3. The lowest BCUT2D eigenvalue weighted by molar-refractivity contribution is 0.0949. The molecule has 0 unspecified atom stereocenters. The molecular weight excluding hydrogens is 378 g/mol. The Hall–Kier alpha value is -2.64. The van der Waals surface area contributed by atoms with E-state index < -0.39 is 0 Å². The van der Waals surface area contributed by atoms with Gasteiger partial charge in [0.05, 0.1) is 5.56 Å². The second-order valence-corrected chi connectivity index (χ2v) is 8.14. The number of benzene rings is 1. The topological polar surface area (TPSA) is 62.5 Å². The van der Waals surface area contributed by atoms with E-state index in [0.29, 0.717) is 17.6 Å². The maximum absolute atomic E-state index is 13.1. The lowest BCUT2D eigenvalue weighted by atomic mass is 10.1. The maximum Gasteiger partial charge on any atom is 0.274 e. The van der Waals surface area contributed by atoms with Gasteiger partial charge in [-0.05, 0) is 25.6 Å². The third-order valence-electron chi connectivity index (χ3n) is 6.32. The number of nitrogens with one attached hydrogen (secondary N) is 1. The molecule has 7 nitrogen and oxygen atoms in total. The number of carbonyl (C=O) groups is 1. The minimum Gasteiger partial charge on any atom is -0.352 e. The first-order valence-corrected chi connectivity index (χ1v) is 10.8. The number of rotatable bonds is 6. The highest BCUT2D eigenvalue weighted by molar-refractivity contribution is 6.17. The Morgan fingerprint density at radius 1 is 1.07 bits per heavy atom. The third kappa shape index (κ3) is 3.75. The van der Waals surface area contributed by atoms with Gasteiger partial charge in [-0.25, -0.2) is 0 Å². The van der Waals surface area contributed by atoms with Crippen LogP contribution in [0, 0.1) is 0 Å². The van der Waals surface area contributed by atoms with Crippen LogP contribution in [0.2, 0.25) is 0 Å². The number of piperazine rings is 1. The second kappa shape index (κ2) is 8.62. The SMILES string of the molecule is CCN1CCN(CCCNC(=O)c2cn(C)c(=O)c3c2c2ccccc2n3C)CC1. The fourth-order valence-corrected chi connectivity index (χ4v) is 4.50. The van der Waals surface area contributed by atoms with E-state index in [2.05, 4.69) is 22.0 Å². The molecule has 0 spiro atoms. The molecular formula is C23H31N5O2. The van der Waals surface area contributed by atoms with Crippen LogP contribution in [-0.2, 0) is 14.1 Å². The molecule has 0 saturated carbocycles. The molecule has 1 saturated heterocycles. The van der Waals surface area contributed by atoms with E-state index in [0.717, 1.165) is 62.0 Å². The number of hydrogen-bond acceptors (Lipinski definition) is 4. The number of fused-ring (bicyclic) bond motifs is 3. The van der Waals surface area contributed by atoms with E-state index in [1.165, 1.54) is 4.57 Å². The van der Waals surface area contributed by atoms with Crippen molar-refractivity contribution in [2.45, 2.75) is 13.3 Å². The molecule has 160 valence electrons. The third-order valence-corrected chi connectivity index (χ3v) is 6.32. The highest BCUT2D eigenvalue weighted by Gasteiger charge is 2.20. The summed E-state index contributed by atoms with van der Waals surface area (Å²) in [5, 5.41) is 4.75. The van der Waals surface area contributed by atoms with Gasteiger partial charge in [0, 0.05) is 69.3 Å². The Kier molecular flexibility index (Phi) is 5.92. The van der Waals surface area contributed by atoms with E-state index in [1.807, 2.05) is 35.9 Å². The zero-order valence-corrected chi connectivity index (χ0v) is 18.1. The highest BCUT2D eigenvalue weighted by Crippen LogP contribution is 2.28. The minimum atomic E-state index is -0.122. The quantitative estimate of drug-likeness (QED) is 0.631. The molecule has 1 fully saturated rings. The van der Waals surface area contributed by atoms with Crippen molar-refractivity contribution < 1.29 is 4.79 Å². The monoisotopic (exact) mass is 409 g/mol. The molecule has 1 amide bonds. The summed E-state index contributed by atoms with van der Waals surface area (Å²) in [4.78, 5) is 30.8. The van der Waals surface area contributed by atoms with Crippen molar-refractivity contribution in [3.05, 3.63) is 46.4 Å². The molecule has 0 radical (unpaired) electrons.